The van der Waals surface area contributed by atoms with E-state index >= 15 is 0 Å². The number of esters is 1. The first-order chi connectivity index (χ1) is 9.91. The lowest BCUT2D eigenvalue weighted by molar-refractivity contribution is -0.141. The van der Waals surface area contributed by atoms with Crippen molar-refractivity contribution in [1.82, 2.24) is 0 Å². The molecule has 0 bridgehead atoms. The van der Waals surface area contributed by atoms with Gasteiger partial charge in [-0.2, -0.15) is 0 Å². The molecule has 106 valence electrons. The van der Waals surface area contributed by atoms with Gasteiger partial charge < -0.3 is 9.15 Å². The van der Waals surface area contributed by atoms with E-state index in [2.05, 4.69) is 0 Å². The van der Waals surface area contributed by atoms with Crippen LogP contribution in [0.2, 0.25) is 0 Å². The number of benzene rings is 1. The molecule has 0 fully saturated rings. The molecule has 1 atom stereocenters. The Bertz CT molecular complexity index is 874. The van der Waals surface area contributed by atoms with E-state index in [1.54, 1.807) is 25.1 Å². The maximum Gasteiger partial charge on any atom is 0.351 e. The molecule has 0 aliphatic carbocycles. The zero-order valence-electron chi connectivity index (χ0n) is 11.3. The summed E-state index contributed by atoms with van der Waals surface area (Å²) in [6.07, 6.45) is 0. The van der Waals surface area contributed by atoms with Gasteiger partial charge in [0.25, 0.3) is 0 Å². The lowest BCUT2D eigenvalue weighted by Gasteiger charge is -2.20. The van der Waals surface area contributed by atoms with E-state index in [0.717, 1.165) is 6.92 Å². The van der Waals surface area contributed by atoms with Gasteiger partial charge in [0.05, 0.1) is 5.39 Å². The number of hydrogen-bond donors (Lipinski definition) is 0. The molecule has 0 saturated carbocycles. The molecule has 1 unspecified atom stereocenters. The number of ether oxygens (including phenoxy) is 1. The van der Waals surface area contributed by atoms with E-state index in [-0.39, 0.29) is 16.9 Å². The standard InChI is InChI=1S/C15H10O6/c1-6-4-3-5-8-12(6)20-15(19)10-11(17)9(7(2)16)14(18)21-13(8)10/h3-5,9H,1-2H3. The molecule has 6 heteroatoms. The lowest BCUT2D eigenvalue weighted by Crippen LogP contribution is -2.40. The second kappa shape index (κ2) is 4.37. The van der Waals surface area contributed by atoms with Crippen molar-refractivity contribution in [2.24, 2.45) is 5.92 Å². The Hall–Kier alpha value is -2.76. The van der Waals surface area contributed by atoms with Crippen LogP contribution in [0.15, 0.2) is 27.4 Å². The second-order valence-electron chi connectivity index (χ2n) is 4.87. The highest BCUT2D eigenvalue weighted by Gasteiger charge is 2.43. The molecule has 2 heterocycles. The number of ketones is 2. The number of fused-ring (bicyclic) bond motifs is 3. The van der Waals surface area contributed by atoms with Crippen molar-refractivity contribution in [1.29, 1.82) is 0 Å². The van der Waals surface area contributed by atoms with E-state index in [4.69, 9.17) is 9.15 Å². The molecule has 0 spiro atoms. The minimum absolute atomic E-state index is 0.127. The molecule has 0 amide bonds. The maximum atomic E-state index is 12.2. The number of aryl methyl sites for hydroxylation is 1. The van der Waals surface area contributed by atoms with E-state index in [1.165, 1.54) is 0 Å². The highest BCUT2D eigenvalue weighted by Crippen LogP contribution is 2.34. The Balaban J connectivity index is 2.40. The third-order valence-corrected chi connectivity index (χ3v) is 3.44. The topological polar surface area (TPSA) is 90.7 Å². The van der Waals surface area contributed by atoms with E-state index < -0.39 is 29.1 Å². The van der Waals surface area contributed by atoms with Gasteiger partial charge >= 0.3 is 11.6 Å². The fraction of sp³-hybridized carbons (Fsp3) is 0.200. The van der Waals surface area contributed by atoms with Crippen LogP contribution >= 0.6 is 0 Å². The summed E-state index contributed by atoms with van der Waals surface area (Å²) >= 11 is 0. The van der Waals surface area contributed by atoms with Crippen LogP contribution < -0.4 is 10.4 Å². The Kier molecular flexibility index (Phi) is 2.76. The number of para-hydroxylation sites is 1. The molecule has 21 heavy (non-hydrogen) atoms. The van der Waals surface area contributed by atoms with E-state index in [0.29, 0.717) is 10.9 Å². The van der Waals surface area contributed by atoms with Crippen LogP contribution in [0.5, 0.6) is 5.75 Å². The van der Waals surface area contributed by atoms with Crippen molar-refractivity contribution in [2.75, 3.05) is 0 Å². The van der Waals surface area contributed by atoms with Gasteiger partial charge in [-0.15, -0.1) is 0 Å². The molecule has 1 aliphatic heterocycles. The summed E-state index contributed by atoms with van der Waals surface area (Å²) in [6, 6.07) is 4.99. The third kappa shape index (κ3) is 1.79. The predicted molar refractivity (Wildman–Crippen MR) is 71.4 cm³/mol. The largest absolute Gasteiger partial charge is 0.424 e. The number of Topliss-reactive ketones (excluding diaryl/α,β-unsaturated/α-hetero) is 2. The van der Waals surface area contributed by atoms with Crippen LogP contribution in [0.25, 0.3) is 11.0 Å². The van der Waals surface area contributed by atoms with Gasteiger partial charge in [-0.1, -0.05) is 12.1 Å². The molecule has 0 radical (unpaired) electrons. The van der Waals surface area contributed by atoms with Crippen molar-refractivity contribution >= 4 is 28.5 Å². The quantitative estimate of drug-likeness (QED) is 0.447. The molecule has 1 aromatic carbocycles. The van der Waals surface area contributed by atoms with Crippen molar-refractivity contribution in [3.8, 4) is 5.75 Å². The van der Waals surface area contributed by atoms with E-state index in [9.17, 15) is 19.2 Å². The number of rotatable bonds is 1. The Morgan fingerprint density at radius 1 is 1.19 bits per heavy atom. The first kappa shape index (κ1) is 13.2. The summed E-state index contributed by atoms with van der Waals surface area (Å²) < 4.78 is 10.2. The van der Waals surface area contributed by atoms with Gasteiger partial charge in [-0.05, 0) is 25.5 Å². The van der Waals surface area contributed by atoms with Crippen LogP contribution in [0, 0.1) is 12.8 Å². The van der Waals surface area contributed by atoms with Crippen LogP contribution in [-0.4, -0.2) is 17.5 Å². The third-order valence-electron chi connectivity index (χ3n) is 3.44. The lowest BCUT2D eigenvalue weighted by atomic mass is 9.91. The summed E-state index contributed by atoms with van der Waals surface area (Å²) in [5.74, 6) is -4.22. The smallest absolute Gasteiger partial charge is 0.351 e. The van der Waals surface area contributed by atoms with Gasteiger partial charge in [-0.25, -0.2) is 4.79 Å². The summed E-state index contributed by atoms with van der Waals surface area (Å²) in [6.45, 7) is 2.82. The van der Waals surface area contributed by atoms with Crippen LogP contribution in [0.3, 0.4) is 0 Å². The zero-order valence-corrected chi connectivity index (χ0v) is 11.3. The van der Waals surface area contributed by atoms with Gasteiger partial charge in [-0.3, -0.25) is 14.4 Å². The normalized spacial score (nSPS) is 17.5. The maximum absolute atomic E-state index is 12.2. The fourth-order valence-corrected chi connectivity index (χ4v) is 2.42. The number of carbonyl (C=O) groups excluding carboxylic acids is 3. The zero-order chi connectivity index (χ0) is 15.3. The van der Waals surface area contributed by atoms with Gasteiger partial charge in [0.2, 0.25) is 0 Å². The van der Waals surface area contributed by atoms with Gasteiger partial charge in [0.15, 0.2) is 23.2 Å². The average molecular weight is 286 g/mol. The molecule has 1 aliphatic rings. The van der Waals surface area contributed by atoms with Crippen LogP contribution in [-0.2, 0) is 9.59 Å². The summed E-state index contributed by atoms with van der Waals surface area (Å²) in [4.78, 5) is 47.5. The van der Waals surface area contributed by atoms with Gasteiger partial charge in [0, 0.05) is 0 Å². The second-order valence-corrected chi connectivity index (χ2v) is 4.87. The molecule has 6 nitrogen and oxygen atoms in total. The SMILES string of the molecule is CC(=O)C1C(=O)Oc2c(c(=O)oc3c(C)cccc23)C1=O. The Morgan fingerprint density at radius 2 is 1.90 bits per heavy atom. The highest BCUT2D eigenvalue weighted by molar-refractivity contribution is 6.26. The van der Waals surface area contributed by atoms with Gasteiger partial charge in [0.1, 0.15) is 11.1 Å². The average Bonchev–Trinajstić information content (AvgIpc) is 2.39. The number of carbonyl (C=O) groups is 3. The van der Waals surface area contributed by atoms with Crippen molar-refractivity contribution in [3.05, 3.63) is 39.7 Å². The molecule has 0 N–H and O–H groups in total. The summed E-state index contributed by atoms with van der Waals surface area (Å²) in [7, 11) is 0. The monoisotopic (exact) mass is 286 g/mol. The van der Waals surface area contributed by atoms with Crippen molar-refractivity contribution in [3.63, 3.8) is 0 Å². The van der Waals surface area contributed by atoms with Crippen LogP contribution in [0.4, 0.5) is 0 Å². The Morgan fingerprint density at radius 3 is 2.57 bits per heavy atom. The molecular weight excluding hydrogens is 276 g/mol. The van der Waals surface area contributed by atoms with E-state index in [1.807, 2.05) is 0 Å². The molecule has 2 aromatic rings. The molecule has 0 saturated heterocycles. The minimum atomic E-state index is -1.59. The Labute approximate surface area is 118 Å². The predicted octanol–water partition coefficient (Wildman–Crippen LogP) is 1.41. The summed E-state index contributed by atoms with van der Waals surface area (Å²) in [5, 5.41) is 0.355. The van der Waals surface area contributed by atoms with Crippen molar-refractivity contribution in [2.45, 2.75) is 13.8 Å². The number of hydrogen-bond acceptors (Lipinski definition) is 6. The highest BCUT2D eigenvalue weighted by atomic mass is 16.5. The van der Waals surface area contributed by atoms with Crippen molar-refractivity contribution < 1.29 is 23.5 Å². The molecule has 1 aromatic heterocycles. The fourth-order valence-electron chi connectivity index (χ4n) is 2.42. The molecular formula is C15H10O6. The first-order valence-corrected chi connectivity index (χ1v) is 6.24. The summed E-state index contributed by atoms with van der Waals surface area (Å²) in [5.41, 5.74) is -0.365. The minimum Gasteiger partial charge on any atom is -0.424 e. The van der Waals surface area contributed by atoms with Crippen LogP contribution in [0.1, 0.15) is 22.8 Å². The molecule has 3 rings (SSSR count). The first-order valence-electron chi connectivity index (χ1n) is 6.24.